The van der Waals surface area contributed by atoms with Gasteiger partial charge in [0.15, 0.2) is 11.9 Å². The number of alkyl halides is 3. The number of aromatic nitrogens is 4. The van der Waals surface area contributed by atoms with Crippen LogP contribution in [0, 0.1) is 0 Å². The molecule has 4 rings (SSSR count). The molecule has 1 saturated heterocycles. The molecule has 1 aromatic carbocycles. The van der Waals surface area contributed by atoms with E-state index in [9.17, 15) is 23.1 Å². The highest BCUT2D eigenvalue weighted by atomic mass is 19.4. The molecule has 1 aliphatic heterocycles. The Labute approximate surface area is 192 Å². The Hall–Kier alpha value is -3.12. The minimum Gasteiger partial charge on any atom is -0.480 e. The summed E-state index contributed by atoms with van der Waals surface area (Å²) in [5, 5.41) is 14.4. The van der Waals surface area contributed by atoms with Crippen LogP contribution in [-0.4, -0.2) is 56.0 Å². The summed E-state index contributed by atoms with van der Waals surface area (Å²) >= 11 is 0. The Balaban J connectivity index is 1.87. The van der Waals surface area contributed by atoms with Crippen molar-refractivity contribution in [1.82, 2.24) is 19.3 Å². The maximum Gasteiger partial charge on any atom is 0.425 e. The molecule has 1 fully saturated rings. The molecule has 1 aliphatic rings. The van der Waals surface area contributed by atoms with Gasteiger partial charge in [0.25, 0.3) is 0 Å². The van der Waals surface area contributed by atoms with Crippen LogP contribution < -0.4 is 15.2 Å². The molecule has 12 heteroatoms. The fraction of sp³-hybridized carbons (Fsp3) is 0.500. The smallest absolute Gasteiger partial charge is 0.425 e. The van der Waals surface area contributed by atoms with Crippen molar-refractivity contribution in [3.05, 3.63) is 40.7 Å². The molecule has 0 aliphatic carbocycles. The summed E-state index contributed by atoms with van der Waals surface area (Å²) in [6, 6.07) is 4.49. The van der Waals surface area contributed by atoms with Crippen LogP contribution in [0.25, 0.3) is 16.5 Å². The maximum atomic E-state index is 13.4. The molecule has 184 valence electrons. The van der Waals surface area contributed by atoms with Crippen molar-refractivity contribution in [3.63, 3.8) is 0 Å². The van der Waals surface area contributed by atoms with Crippen LogP contribution >= 0.6 is 0 Å². The standard InChI is InChI=1S/C22H25F3N4O5/c1-3-28-18(12-30)27-29(21(28)31)15-10-14-4-7-26-20(34-16-5-8-32-9-6-16)19(14)17(11-15)33-13(2)22(23,24)25/h4,7,10-11,13,16,30H,3,5-6,8-9,12H2,1-2H3. The quantitative estimate of drug-likeness (QED) is 0.553. The van der Waals surface area contributed by atoms with E-state index >= 15 is 0 Å². The van der Waals surface area contributed by atoms with Gasteiger partial charge < -0.3 is 19.3 Å². The monoisotopic (exact) mass is 482 g/mol. The van der Waals surface area contributed by atoms with E-state index < -0.39 is 24.6 Å². The topological polar surface area (TPSA) is 101 Å². The third-order valence-corrected chi connectivity index (χ3v) is 5.63. The molecule has 1 N–H and O–H groups in total. The van der Waals surface area contributed by atoms with Gasteiger partial charge in [0.1, 0.15) is 18.5 Å². The molecule has 34 heavy (non-hydrogen) atoms. The molecule has 0 saturated carbocycles. The van der Waals surface area contributed by atoms with Crippen molar-refractivity contribution in [2.24, 2.45) is 0 Å². The highest BCUT2D eigenvalue weighted by Gasteiger charge is 2.38. The molecule has 9 nitrogen and oxygen atoms in total. The van der Waals surface area contributed by atoms with Gasteiger partial charge in [-0.1, -0.05) is 0 Å². The van der Waals surface area contributed by atoms with Crippen molar-refractivity contribution in [3.8, 4) is 17.3 Å². The molecular weight excluding hydrogens is 457 g/mol. The van der Waals surface area contributed by atoms with Gasteiger partial charge in [0.2, 0.25) is 5.88 Å². The zero-order chi connectivity index (χ0) is 24.5. The van der Waals surface area contributed by atoms with E-state index in [4.69, 9.17) is 14.2 Å². The first-order valence-electron chi connectivity index (χ1n) is 10.9. The summed E-state index contributed by atoms with van der Waals surface area (Å²) in [6.45, 7) is 3.46. The number of rotatable bonds is 7. The molecule has 3 aromatic rings. The third kappa shape index (κ3) is 4.73. The number of hydrogen-bond acceptors (Lipinski definition) is 7. The molecular formula is C22H25F3N4O5. The fourth-order valence-corrected chi connectivity index (χ4v) is 3.79. The lowest BCUT2D eigenvalue weighted by Crippen LogP contribution is -2.31. The number of aliphatic hydroxyl groups excluding tert-OH is 1. The minimum atomic E-state index is -4.61. The number of hydrogen-bond donors (Lipinski definition) is 1. The van der Waals surface area contributed by atoms with Gasteiger partial charge in [0, 0.05) is 31.6 Å². The molecule has 0 bridgehead atoms. The Bertz CT molecular complexity index is 1220. The van der Waals surface area contributed by atoms with Gasteiger partial charge in [-0.2, -0.15) is 17.9 Å². The van der Waals surface area contributed by atoms with Crippen LogP contribution in [0.15, 0.2) is 29.2 Å². The average Bonchev–Trinajstić information content (AvgIpc) is 3.14. The number of ether oxygens (including phenoxy) is 3. The first kappa shape index (κ1) is 24.0. The average molecular weight is 482 g/mol. The van der Waals surface area contributed by atoms with E-state index in [-0.39, 0.29) is 41.2 Å². The molecule has 1 unspecified atom stereocenters. The van der Waals surface area contributed by atoms with Crippen molar-refractivity contribution in [1.29, 1.82) is 0 Å². The van der Waals surface area contributed by atoms with Crippen LogP contribution in [0.4, 0.5) is 13.2 Å². The summed E-state index contributed by atoms with van der Waals surface area (Å²) < 4.78 is 59.1. The van der Waals surface area contributed by atoms with Gasteiger partial charge in [-0.25, -0.2) is 9.78 Å². The Morgan fingerprint density at radius 1 is 1.29 bits per heavy atom. The number of fused-ring (bicyclic) bond motifs is 1. The summed E-state index contributed by atoms with van der Waals surface area (Å²) in [7, 11) is 0. The fourth-order valence-electron chi connectivity index (χ4n) is 3.79. The van der Waals surface area contributed by atoms with Gasteiger partial charge in [0.05, 0.1) is 24.3 Å². The van der Waals surface area contributed by atoms with Crippen LogP contribution in [0.1, 0.15) is 32.5 Å². The lowest BCUT2D eigenvalue weighted by molar-refractivity contribution is -0.189. The number of nitrogens with zero attached hydrogens (tertiary/aromatic N) is 4. The first-order valence-corrected chi connectivity index (χ1v) is 10.9. The molecule has 3 heterocycles. The van der Waals surface area contributed by atoms with E-state index in [1.54, 1.807) is 19.1 Å². The molecule has 0 radical (unpaired) electrons. The molecule has 0 spiro atoms. The highest BCUT2D eigenvalue weighted by Crippen LogP contribution is 2.38. The Kier molecular flexibility index (Phi) is 6.80. The Morgan fingerprint density at radius 2 is 2.03 bits per heavy atom. The third-order valence-electron chi connectivity index (χ3n) is 5.63. The lowest BCUT2D eigenvalue weighted by atomic mass is 10.1. The molecule has 2 aromatic heterocycles. The Morgan fingerprint density at radius 3 is 2.65 bits per heavy atom. The number of aliphatic hydroxyl groups is 1. The van der Waals surface area contributed by atoms with Crippen LogP contribution in [0.3, 0.4) is 0 Å². The minimum absolute atomic E-state index is 0.136. The second-order valence-electron chi connectivity index (χ2n) is 7.90. The van der Waals surface area contributed by atoms with Crippen LogP contribution in [-0.2, 0) is 17.9 Å². The van der Waals surface area contributed by atoms with E-state index in [0.717, 1.165) is 11.6 Å². The van der Waals surface area contributed by atoms with Gasteiger partial charge in [-0.05, 0) is 31.4 Å². The molecule has 0 amide bonds. The second-order valence-corrected chi connectivity index (χ2v) is 7.90. The molecule has 1 atom stereocenters. The van der Waals surface area contributed by atoms with E-state index in [0.29, 0.717) is 31.4 Å². The number of halogens is 3. The first-order chi connectivity index (χ1) is 16.2. The highest BCUT2D eigenvalue weighted by molar-refractivity contribution is 5.94. The van der Waals surface area contributed by atoms with Crippen LogP contribution in [0.5, 0.6) is 11.6 Å². The summed E-state index contributed by atoms with van der Waals surface area (Å²) in [5.74, 6) is 0.135. The van der Waals surface area contributed by atoms with Gasteiger partial charge >= 0.3 is 11.9 Å². The zero-order valence-corrected chi connectivity index (χ0v) is 18.7. The van der Waals surface area contributed by atoms with E-state index in [1.807, 2.05) is 0 Å². The largest absolute Gasteiger partial charge is 0.480 e. The summed E-state index contributed by atoms with van der Waals surface area (Å²) in [6.07, 6.45) is -4.21. The number of benzene rings is 1. The van der Waals surface area contributed by atoms with E-state index in [2.05, 4.69) is 10.1 Å². The van der Waals surface area contributed by atoms with Crippen molar-refractivity contribution in [2.45, 2.75) is 58.2 Å². The van der Waals surface area contributed by atoms with Crippen molar-refractivity contribution in [2.75, 3.05) is 13.2 Å². The number of pyridine rings is 1. The van der Waals surface area contributed by atoms with Crippen LogP contribution in [0.2, 0.25) is 0 Å². The second kappa shape index (κ2) is 9.63. The normalized spacial score (nSPS) is 16.1. The van der Waals surface area contributed by atoms with Crippen molar-refractivity contribution < 1.29 is 32.5 Å². The summed E-state index contributed by atoms with van der Waals surface area (Å²) in [4.78, 5) is 17.1. The maximum absolute atomic E-state index is 13.4. The predicted octanol–water partition coefficient (Wildman–Crippen LogP) is 2.98. The van der Waals surface area contributed by atoms with Gasteiger partial charge in [-0.15, -0.1) is 5.10 Å². The SMILES string of the molecule is CCn1c(CO)nn(-c2cc(OC(C)C(F)(F)F)c3c(OC4CCOCC4)nccc3c2)c1=O. The predicted molar refractivity (Wildman–Crippen MR) is 115 cm³/mol. The van der Waals surface area contributed by atoms with Gasteiger partial charge in [-0.3, -0.25) is 4.57 Å². The zero-order valence-electron chi connectivity index (χ0n) is 18.7. The van der Waals surface area contributed by atoms with E-state index in [1.165, 1.54) is 16.8 Å². The van der Waals surface area contributed by atoms with Crippen molar-refractivity contribution >= 4 is 10.8 Å². The lowest BCUT2D eigenvalue weighted by Gasteiger charge is -2.24. The summed E-state index contributed by atoms with van der Waals surface area (Å²) in [5.41, 5.74) is -0.347.